The molecular formula is C16H20O2. The molecule has 2 heteroatoms. The van der Waals surface area contributed by atoms with Crippen LogP contribution in [-0.4, -0.2) is 11.1 Å². The topological polar surface area (TPSA) is 37.3 Å². The van der Waals surface area contributed by atoms with Crippen LogP contribution in [0.1, 0.15) is 61.5 Å². The van der Waals surface area contributed by atoms with E-state index in [1.165, 1.54) is 30.4 Å². The molecule has 2 aliphatic carbocycles. The average molecular weight is 244 g/mol. The van der Waals surface area contributed by atoms with Crippen molar-refractivity contribution in [1.29, 1.82) is 0 Å². The fourth-order valence-electron chi connectivity index (χ4n) is 3.41. The molecule has 2 aliphatic rings. The van der Waals surface area contributed by atoms with Crippen molar-refractivity contribution in [2.45, 2.75) is 50.4 Å². The first-order chi connectivity index (χ1) is 8.75. The molecule has 2 saturated carbocycles. The Morgan fingerprint density at radius 3 is 2.11 bits per heavy atom. The van der Waals surface area contributed by atoms with Crippen molar-refractivity contribution in [3.8, 4) is 0 Å². The predicted molar refractivity (Wildman–Crippen MR) is 70.8 cm³/mol. The van der Waals surface area contributed by atoms with Crippen molar-refractivity contribution in [2.75, 3.05) is 0 Å². The number of carboxylic acids is 1. The van der Waals surface area contributed by atoms with Crippen LogP contribution in [0.5, 0.6) is 0 Å². The highest BCUT2D eigenvalue weighted by atomic mass is 16.4. The van der Waals surface area contributed by atoms with Gasteiger partial charge in [0.05, 0.1) is 5.92 Å². The number of carbonyl (C=O) groups is 1. The van der Waals surface area contributed by atoms with Gasteiger partial charge >= 0.3 is 5.97 Å². The third kappa shape index (κ3) is 2.05. The molecule has 0 amide bonds. The summed E-state index contributed by atoms with van der Waals surface area (Å²) in [5, 5.41) is 9.23. The van der Waals surface area contributed by atoms with Crippen molar-refractivity contribution in [3.05, 3.63) is 35.4 Å². The molecule has 96 valence electrons. The second-order valence-electron chi connectivity index (χ2n) is 5.78. The summed E-state index contributed by atoms with van der Waals surface area (Å²) in [6, 6.07) is 8.77. The van der Waals surface area contributed by atoms with E-state index in [9.17, 15) is 9.90 Å². The maximum atomic E-state index is 11.2. The van der Waals surface area contributed by atoms with E-state index >= 15 is 0 Å². The van der Waals surface area contributed by atoms with Crippen molar-refractivity contribution in [3.63, 3.8) is 0 Å². The maximum Gasteiger partial charge on any atom is 0.307 e. The minimum atomic E-state index is -0.624. The molecule has 3 rings (SSSR count). The normalized spacial score (nSPS) is 28.0. The molecule has 2 unspecified atom stereocenters. The van der Waals surface area contributed by atoms with Gasteiger partial charge in [-0.2, -0.15) is 0 Å². The summed E-state index contributed by atoms with van der Waals surface area (Å²) in [5.74, 6) is 0.205. The smallest absolute Gasteiger partial charge is 0.307 e. The molecule has 0 saturated heterocycles. The number of hydrogen-bond acceptors (Lipinski definition) is 1. The van der Waals surface area contributed by atoms with Gasteiger partial charge in [-0.15, -0.1) is 0 Å². The summed E-state index contributed by atoms with van der Waals surface area (Å²) >= 11 is 0. The van der Waals surface area contributed by atoms with Crippen LogP contribution in [0, 0.1) is 5.92 Å². The molecule has 2 fully saturated rings. The lowest BCUT2D eigenvalue weighted by Crippen LogP contribution is -2.17. The number of benzene rings is 1. The third-order valence-corrected chi connectivity index (χ3v) is 4.77. The molecule has 0 heterocycles. The quantitative estimate of drug-likeness (QED) is 0.875. The number of aliphatic carboxylic acids is 1. The van der Waals surface area contributed by atoms with E-state index in [2.05, 4.69) is 24.3 Å². The van der Waals surface area contributed by atoms with Crippen LogP contribution in [-0.2, 0) is 4.79 Å². The van der Waals surface area contributed by atoms with Crippen molar-refractivity contribution < 1.29 is 9.90 Å². The fraction of sp³-hybridized carbons (Fsp3) is 0.562. The van der Waals surface area contributed by atoms with Crippen LogP contribution in [0.2, 0.25) is 0 Å². The molecule has 0 aromatic heterocycles. The second kappa shape index (κ2) is 4.75. The lowest BCUT2D eigenvalue weighted by molar-refractivity contribution is -0.142. The van der Waals surface area contributed by atoms with Crippen LogP contribution < -0.4 is 0 Å². The second-order valence-corrected chi connectivity index (χ2v) is 5.78. The summed E-state index contributed by atoms with van der Waals surface area (Å²) in [5.41, 5.74) is 2.66. The van der Waals surface area contributed by atoms with Crippen molar-refractivity contribution >= 4 is 5.97 Å². The van der Waals surface area contributed by atoms with Gasteiger partial charge in [0, 0.05) is 0 Å². The van der Waals surface area contributed by atoms with Gasteiger partial charge in [-0.05, 0) is 48.6 Å². The molecular weight excluding hydrogens is 224 g/mol. The molecule has 0 spiro atoms. The van der Waals surface area contributed by atoms with Gasteiger partial charge in [-0.1, -0.05) is 37.1 Å². The summed E-state index contributed by atoms with van der Waals surface area (Å²) in [6.45, 7) is 0. The van der Waals surface area contributed by atoms with E-state index in [1.54, 1.807) is 0 Å². The SMILES string of the molecule is O=C(O)C1CCCC1c1ccc(C2CCC2)cc1. The minimum Gasteiger partial charge on any atom is -0.481 e. The average Bonchev–Trinajstić information content (AvgIpc) is 2.76. The van der Waals surface area contributed by atoms with Gasteiger partial charge in [-0.3, -0.25) is 4.79 Å². The Hall–Kier alpha value is -1.31. The first-order valence-electron chi connectivity index (χ1n) is 7.08. The van der Waals surface area contributed by atoms with E-state index in [-0.39, 0.29) is 11.8 Å². The number of hydrogen-bond donors (Lipinski definition) is 1. The van der Waals surface area contributed by atoms with E-state index in [1.807, 2.05) is 0 Å². The van der Waals surface area contributed by atoms with E-state index in [4.69, 9.17) is 0 Å². The van der Waals surface area contributed by atoms with Gasteiger partial charge in [0.15, 0.2) is 0 Å². The number of carboxylic acid groups (broad SMARTS) is 1. The minimum absolute atomic E-state index is 0.167. The molecule has 0 aliphatic heterocycles. The molecule has 0 bridgehead atoms. The summed E-state index contributed by atoms with van der Waals surface area (Å²) in [6.07, 6.45) is 6.91. The molecule has 18 heavy (non-hydrogen) atoms. The zero-order valence-corrected chi connectivity index (χ0v) is 10.6. The van der Waals surface area contributed by atoms with E-state index in [0.29, 0.717) is 0 Å². The molecule has 1 aromatic carbocycles. The molecule has 1 N–H and O–H groups in total. The molecule has 2 atom stereocenters. The summed E-state index contributed by atoms with van der Waals surface area (Å²) < 4.78 is 0. The Labute approximate surface area is 108 Å². The highest BCUT2D eigenvalue weighted by molar-refractivity contribution is 5.71. The third-order valence-electron chi connectivity index (χ3n) is 4.77. The van der Waals surface area contributed by atoms with Gasteiger partial charge in [0.25, 0.3) is 0 Å². The molecule has 2 nitrogen and oxygen atoms in total. The van der Waals surface area contributed by atoms with Gasteiger partial charge in [0.2, 0.25) is 0 Å². The predicted octanol–water partition coefficient (Wildman–Crippen LogP) is 3.92. The zero-order chi connectivity index (χ0) is 12.5. The lowest BCUT2D eigenvalue weighted by atomic mass is 9.79. The van der Waals surface area contributed by atoms with Gasteiger partial charge in [0.1, 0.15) is 0 Å². The Morgan fingerprint density at radius 1 is 0.944 bits per heavy atom. The Morgan fingerprint density at radius 2 is 1.56 bits per heavy atom. The summed E-state index contributed by atoms with van der Waals surface area (Å²) in [4.78, 5) is 11.2. The summed E-state index contributed by atoms with van der Waals surface area (Å²) in [7, 11) is 0. The van der Waals surface area contributed by atoms with E-state index < -0.39 is 5.97 Å². The zero-order valence-electron chi connectivity index (χ0n) is 10.6. The van der Waals surface area contributed by atoms with Gasteiger partial charge < -0.3 is 5.11 Å². The van der Waals surface area contributed by atoms with Crippen LogP contribution in [0.4, 0.5) is 0 Å². The van der Waals surface area contributed by atoms with Crippen molar-refractivity contribution in [2.24, 2.45) is 5.92 Å². The lowest BCUT2D eigenvalue weighted by Gasteiger charge is -2.26. The monoisotopic (exact) mass is 244 g/mol. The Balaban J connectivity index is 1.77. The Bertz CT molecular complexity index is 431. The Kier molecular flexibility index (Phi) is 3.11. The van der Waals surface area contributed by atoms with E-state index in [0.717, 1.165) is 25.2 Å². The van der Waals surface area contributed by atoms with Crippen LogP contribution in [0.3, 0.4) is 0 Å². The fourth-order valence-corrected chi connectivity index (χ4v) is 3.41. The first kappa shape index (κ1) is 11.8. The number of rotatable bonds is 3. The largest absolute Gasteiger partial charge is 0.481 e. The van der Waals surface area contributed by atoms with Gasteiger partial charge in [-0.25, -0.2) is 0 Å². The highest BCUT2D eigenvalue weighted by Gasteiger charge is 2.33. The van der Waals surface area contributed by atoms with Crippen LogP contribution in [0.15, 0.2) is 24.3 Å². The maximum absolute atomic E-state index is 11.2. The molecule has 0 radical (unpaired) electrons. The van der Waals surface area contributed by atoms with Crippen LogP contribution in [0.25, 0.3) is 0 Å². The van der Waals surface area contributed by atoms with Crippen molar-refractivity contribution in [1.82, 2.24) is 0 Å². The molecule has 1 aromatic rings. The van der Waals surface area contributed by atoms with Crippen LogP contribution >= 0.6 is 0 Å². The first-order valence-corrected chi connectivity index (χ1v) is 7.08. The standard InChI is InChI=1S/C16H20O2/c17-16(18)15-6-2-5-14(15)13-9-7-12(8-10-13)11-3-1-4-11/h7-11,14-15H,1-6H2,(H,17,18). The highest BCUT2D eigenvalue weighted by Crippen LogP contribution is 2.41.